The van der Waals surface area contributed by atoms with Gasteiger partial charge in [0.05, 0.1) is 0 Å². The van der Waals surface area contributed by atoms with Gasteiger partial charge in [-0.15, -0.1) is 0 Å². The maximum Gasteiger partial charge on any atom is 0.251 e. The normalized spacial score (nSPS) is 21.9. The van der Waals surface area contributed by atoms with Gasteiger partial charge in [0.2, 0.25) is 0 Å². The van der Waals surface area contributed by atoms with Crippen molar-refractivity contribution in [2.45, 2.75) is 77.0 Å². The number of guanidine groups is 1. The van der Waals surface area contributed by atoms with Crippen molar-refractivity contribution in [3.05, 3.63) is 35.4 Å². The second kappa shape index (κ2) is 10.6. The van der Waals surface area contributed by atoms with Gasteiger partial charge in [0, 0.05) is 50.4 Å². The summed E-state index contributed by atoms with van der Waals surface area (Å²) in [6, 6.07) is 9.23. The summed E-state index contributed by atoms with van der Waals surface area (Å²) < 4.78 is 0. The van der Waals surface area contributed by atoms with E-state index in [2.05, 4.69) is 32.8 Å². The fourth-order valence-corrected chi connectivity index (χ4v) is 4.31. The number of carbonyl (C=O) groups is 1. The van der Waals surface area contributed by atoms with E-state index in [4.69, 9.17) is 0 Å². The van der Waals surface area contributed by atoms with Crippen molar-refractivity contribution in [2.24, 2.45) is 4.99 Å². The Morgan fingerprint density at radius 3 is 2.79 bits per heavy atom. The van der Waals surface area contributed by atoms with Crippen LogP contribution in [0.3, 0.4) is 0 Å². The first-order chi connectivity index (χ1) is 14.1. The Labute approximate surface area is 175 Å². The van der Waals surface area contributed by atoms with Crippen molar-refractivity contribution in [1.82, 2.24) is 20.9 Å². The van der Waals surface area contributed by atoms with Gasteiger partial charge in [0.15, 0.2) is 5.96 Å². The summed E-state index contributed by atoms with van der Waals surface area (Å²) >= 11 is 0. The average molecular weight is 400 g/mol. The number of nitrogens with zero attached hydrogens (tertiary/aromatic N) is 2. The van der Waals surface area contributed by atoms with Crippen molar-refractivity contribution >= 4 is 11.9 Å². The molecule has 1 amide bonds. The molecular formula is C23H37N5O. The minimum atomic E-state index is -0.0123. The summed E-state index contributed by atoms with van der Waals surface area (Å²) in [6.07, 6.45) is 7.59. The van der Waals surface area contributed by atoms with Crippen LogP contribution in [0.25, 0.3) is 0 Å². The molecule has 1 aromatic carbocycles. The van der Waals surface area contributed by atoms with Gasteiger partial charge < -0.3 is 16.0 Å². The van der Waals surface area contributed by atoms with Crippen LogP contribution in [0.15, 0.2) is 29.3 Å². The number of benzene rings is 1. The Kier molecular flexibility index (Phi) is 7.92. The lowest BCUT2D eigenvalue weighted by molar-refractivity contribution is 0.0939. The predicted octanol–water partition coefficient (Wildman–Crippen LogP) is 2.90. The van der Waals surface area contributed by atoms with Crippen LogP contribution < -0.4 is 16.0 Å². The van der Waals surface area contributed by atoms with Gasteiger partial charge in [-0.1, -0.05) is 31.9 Å². The number of amides is 1. The lowest BCUT2D eigenvalue weighted by Crippen LogP contribution is -2.45. The number of aliphatic imine (C=N–C) groups is 1. The third-order valence-corrected chi connectivity index (χ3v) is 6.26. The first-order valence-corrected chi connectivity index (χ1v) is 11.2. The van der Waals surface area contributed by atoms with Crippen molar-refractivity contribution in [3.8, 4) is 0 Å². The first-order valence-electron chi connectivity index (χ1n) is 11.2. The molecule has 2 unspecified atom stereocenters. The zero-order chi connectivity index (χ0) is 20.6. The lowest BCUT2D eigenvalue weighted by Gasteiger charge is -2.24. The molecule has 29 heavy (non-hydrogen) atoms. The number of likely N-dealkylation sites (tertiary alicyclic amines) is 1. The molecule has 1 aliphatic heterocycles. The van der Waals surface area contributed by atoms with Crippen LogP contribution >= 0.6 is 0 Å². The minimum Gasteiger partial charge on any atom is -0.352 e. The topological polar surface area (TPSA) is 68.8 Å². The molecule has 1 aromatic rings. The van der Waals surface area contributed by atoms with Crippen molar-refractivity contribution in [1.29, 1.82) is 0 Å². The summed E-state index contributed by atoms with van der Waals surface area (Å²) in [6.45, 7) is 7.03. The van der Waals surface area contributed by atoms with E-state index in [0.717, 1.165) is 30.5 Å². The molecule has 2 fully saturated rings. The summed E-state index contributed by atoms with van der Waals surface area (Å²) in [4.78, 5) is 19.4. The molecule has 0 aromatic heterocycles. The van der Waals surface area contributed by atoms with Gasteiger partial charge in [-0.2, -0.15) is 0 Å². The van der Waals surface area contributed by atoms with E-state index in [-0.39, 0.29) is 11.9 Å². The molecule has 3 N–H and O–H groups in total. The van der Waals surface area contributed by atoms with Crippen LogP contribution in [0.5, 0.6) is 0 Å². The van der Waals surface area contributed by atoms with Crippen LogP contribution in [0.4, 0.5) is 0 Å². The van der Waals surface area contributed by atoms with E-state index in [1.165, 1.54) is 38.6 Å². The fraction of sp³-hybridized carbons (Fsp3) is 0.652. The predicted molar refractivity (Wildman–Crippen MR) is 119 cm³/mol. The molecule has 0 bridgehead atoms. The number of nitrogens with one attached hydrogen (secondary N) is 3. The molecule has 1 saturated carbocycles. The van der Waals surface area contributed by atoms with Gasteiger partial charge >= 0.3 is 0 Å². The van der Waals surface area contributed by atoms with E-state index in [1.54, 1.807) is 0 Å². The zero-order valence-corrected chi connectivity index (χ0v) is 18.2. The van der Waals surface area contributed by atoms with Crippen molar-refractivity contribution in [3.63, 3.8) is 0 Å². The molecule has 6 nitrogen and oxygen atoms in total. The Hall–Kier alpha value is -2.08. The molecule has 160 valence electrons. The highest BCUT2D eigenvalue weighted by molar-refractivity contribution is 5.94. The first kappa shape index (κ1) is 21.6. The van der Waals surface area contributed by atoms with Crippen molar-refractivity contribution < 1.29 is 4.79 Å². The van der Waals surface area contributed by atoms with Crippen LogP contribution in [-0.2, 0) is 6.54 Å². The standard InChI is InChI=1S/C23H37N5O/c1-4-17(2)26-22(29)19-9-7-8-18(14-19)15-25-23(24-3)27-20-12-13-28(16-20)21-10-5-6-11-21/h7-9,14,17,20-21H,4-6,10-13,15-16H2,1-3H3,(H,26,29)(H2,24,25,27). The van der Waals surface area contributed by atoms with E-state index < -0.39 is 0 Å². The number of carbonyl (C=O) groups excluding carboxylic acids is 1. The molecular weight excluding hydrogens is 362 g/mol. The van der Waals surface area contributed by atoms with Crippen LogP contribution in [0.2, 0.25) is 0 Å². The maximum atomic E-state index is 12.4. The molecule has 1 heterocycles. The van der Waals surface area contributed by atoms with Crippen LogP contribution in [-0.4, -0.2) is 55.0 Å². The van der Waals surface area contributed by atoms with Gasteiger partial charge in [-0.25, -0.2) is 0 Å². The highest BCUT2D eigenvalue weighted by Crippen LogP contribution is 2.26. The smallest absolute Gasteiger partial charge is 0.251 e. The number of hydrogen-bond acceptors (Lipinski definition) is 3. The highest BCUT2D eigenvalue weighted by Gasteiger charge is 2.30. The maximum absolute atomic E-state index is 12.4. The van der Waals surface area contributed by atoms with Crippen molar-refractivity contribution in [2.75, 3.05) is 20.1 Å². The van der Waals surface area contributed by atoms with Gasteiger partial charge in [-0.05, 0) is 50.3 Å². The van der Waals surface area contributed by atoms with Crippen LogP contribution in [0.1, 0.15) is 68.3 Å². The summed E-state index contributed by atoms with van der Waals surface area (Å²) in [5, 5.41) is 10.0. The van der Waals surface area contributed by atoms with Gasteiger partial charge in [-0.3, -0.25) is 14.7 Å². The molecule has 2 aliphatic rings. The Bertz CT molecular complexity index is 698. The molecule has 1 aliphatic carbocycles. The fourth-order valence-electron chi connectivity index (χ4n) is 4.31. The lowest BCUT2D eigenvalue weighted by atomic mass is 10.1. The molecule has 3 rings (SSSR count). The average Bonchev–Trinajstić information content (AvgIpc) is 3.43. The second-order valence-electron chi connectivity index (χ2n) is 8.47. The summed E-state index contributed by atoms with van der Waals surface area (Å²) in [5.74, 6) is 0.819. The highest BCUT2D eigenvalue weighted by atomic mass is 16.1. The summed E-state index contributed by atoms with van der Waals surface area (Å²) in [5.41, 5.74) is 1.78. The third-order valence-electron chi connectivity index (χ3n) is 6.26. The van der Waals surface area contributed by atoms with E-state index in [0.29, 0.717) is 18.2 Å². The van der Waals surface area contributed by atoms with Crippen LogP contribution in [0, 0.1) is 0 Å². The minimum absolute atomic E-state index is 0.0123. The molecule has 0 radical (unpaired) electrons. The van der Waals surface area contributed by atoms with Gasteiger partial charge in [0.25, 0.3) is 5.91 Å². The third kappa shape index (κ3) is 6.20. The number of rotatable bonds is 7. The number of hydrogen-bond donors (Lipinski definition) is 3. The Morgan fingerprint density at radius 2 is 2.07 bits per heavy atom. The molecule has 1 saturated heterocycles. The largest absolute Gasteiger partial charge is 0.352 e. The van der Waals surface area contributed by atoms with Gasteiger partial charge in [0.1, 0.15) is 0 Å². The summed E-state index contributed by atoms with van der Waals surface area (Å²) in [7, 11) is 1.81. The molecule has 0 spiro atoms. The molecule has 6 heteroatoms. The zero-order valence-electron chi connectivity index (χ0n) is 18.2. The Balaban J connectivity index is 1.48. The SMILES string of the molecule is CCC(C)NC(=O)c1cccc(CNC(=NC)NC2CCN(C3CCCC3)C2)c1. The quantitative estimate of drug-likeness (QED) is 0.487. The van der Waals surface area contributed by atoms with E-state index in [9.17, 15) is 4.79 Å². The molecule has 2 atom stereocenters. The monoisotopic (exact) mass is 399 g/mol. The second-order valence-corrected chi connectivity index (χ2v) is 8.47. The van der Waals surface area contributed by atoms with E-state index in [1.807, 2.05) is 38.2 Å². The van der Waals surface area contributed by atoms with E-state index >= 15 is 0 Å². The Morgan fingerprint density at radius 1 is 1.28 bits per heavy atom.